The zero-order chi connectivity index (χ0) is 19.5. The molecule has 1 saturated heterocycles. The number of thiol groups is 1. The highest BCUT2D eigenvalue weighted by atomic mass is 32.2. The lowest BCUT2D eigenvalue weighted by Gasteiger charge is -2.11. The Bertz CT molecular complexity index is 490. The van der Waals surface area contributed by atoms with Crippen LogP contribution in [0.25, 0.3) is 0 Å². The maximum atomic E-state index is 11.8. The third-order valence-electron chi connectivity index (χ3n) is 4.34. The summed E-state index contributed by atoms with van der Waals surface area (Å²) in [7, 11) is 0. The molecule has 2 rings (SSSR count). The van der Waals surface area contributed by atoms with Crippen LogP contribution in [0.5, 0.6) is 0 Å². The summed E-state index contributed by atoms with van der Waals surface area (Å²) in [6.45, 7) is 0.938. The Balaban J connectivity index is 1.34. The van der Waals surface area contributed by atoms with Gasteiger partial charge in [0.1, 0.15) is 19.8 Å². The molecule has 1 aliphatic heterocycles. The molecule has 0 aromatic rings. The standard InChI is InChI=1S/C18H28O7S2/c19-14(12-22-11-13-9-15-16(10-13)25-15)2-7-27-8-3-18(21)24-5-4-23-17(20)1-6-26/h13,15-16,26H,1-12H2. The minimum Gasteiger partial charge on any atom is -0.462 e. The summed E-state index contributed by atoms with van der Waals surface area (Å²) in [5.41, 5.74) is 0. The van der Waals surface area contributed by atoms with Crippen LogP contribution in [0.1, 0.15) is 32.1 Å². The third-order valence-corrected chi connectivity index (χ3v) is 5.55. The normalized spacial score (nSPS) is 22.9. The molecule has 0 bridgehead atoms. The fourth-order valence-electron chi connectivity index (χ4n) is 2.88. The number of rotatable bonds is 15. The Kier molecular flexibility index (Phi) is 10.5. The molecule has 0 amide bonds. The molecule has 2 aliphatic rings. The van der Waals surface area contributed by atoms with Crippen molar-refractivity contribution in [1.82, 2.24) is 0 Å². The lowest BCUT2D eigenvalue weighted by Crippen LogP contribution is -2.15. The van der Waals surface area contributed by atoms with E-state index < -0.39 is 0 Å². The number of carbonyl (C=O) groups is 3. The van der Waals surface area contributed by atoms with Gasteiger partial charge in [0.25, 0.3) is 0 Å². The number of ketones is 1. The molecule has 0 aromatic heterocycles. The largest absolute Gasteiger partial charge is 0.462 e. The molecule has 9 heteroatoms. The van der Waals surface area contributed by atoms with Gasteiger partial charge < -0.3 is 18.9 Å². The molecule has 0 aromatic carbocycles. The number of hydrogen-bond acceptors (Lipinski definition) is 9. The summed E-state index contributed by atoms with van der Waals surface area (Å²) in [5, 5.41) is 0. The molecule has 2 unspecified atom stereocenters. The topological polar surface area (TPSA) is 91.4 Å². The van der Waals surface area contributed by atoms with Crippen LogP contribution in [-0.4, -0.2) is 73.6 Å². The number of hydrogen-bond donors (Lipinski definition) is 1. The van der Waals surface area contributed by atoms with E-state index in [4.69, 9.17) is 18.9 Å². The van der Waals surface area contributed by atoms with E-state index in [2.05, 4.69) is 12.6 Å². The van der Waals surface area contributed by atoms with Crippen LogP contribution in [0.15, 0.2) is 0 Å². The molecule has 1 aliphatic carbocycles. The van der Waals surface area contributed by atoms with Crippen LogP contribution in [0.3, 0.4) is 0 Å². The highest BCUT2D eigenvalue weighted by molar-refractivity contribution is 7.99. The van der Waals surface area contributed by atoms with Crippen molar-refractivity contribution < 1.29 is 33.3 Å². The second-order valence-electron chi connectivity index (χ2n) is 6.63. The van der Waals surface area contributed by atoms with Crippen LogP contribution in [-0.2, 0) is 33.3 Å². The Labute approximate surface area is 169 Å². The van der Waals surface area contributed by atoms with Crippen molar-refractivity contribution in [2.24, 2.45) is 5.92 Å². The zero-order valence-electron chi connectivity index (χ0n) is 15.4. The van der Waals surface area contributed by atoms with Crippen molar-refractivity contribution in [3.05, 3.63) is 0 Å². The summed E-state index contributed by atoms with van der Waals surface area (Å²) in [6, 6.07) is 0. The number of epoxide rings is 1. The average molecular weight is 421 g/mol. The first-order chi connectivity index (χ1) is 13.1. The van der Waals surface area contributed by atoms with Gasteiger partial charge in [-0.25, -0.2) is 0 Å². The van der Waals surface area contributed by atoms with Crippen molar-refractivity contribution in [2.75, 3.05) is 43.7 Å². The zero-order valence-corrected chi connectivity index (χ0v) is 17.1. The Morgan fingerprint density at radius 3 is 2.26 bits per heavy atom. The minimum absolute atomic E-state index is 0.0618. The number of carbonyl (C=O) groups excluding carboxylic acids is 3. The van der Waals surface area contributed by atoms with Crippen LogP contribution < -0.4 is 0 Å². The predicted octanol–water partition coefficient (Wildman–Crippen LogP) is 1.67. The summed E-state index contributed by atoms with van der Waals surface area (Å²) in [5.74, 6) is 1.64. The summed E-state index contributed by atoms with van der Waals surface area (Å²) >= 11 is 5.46. The van der Waals surface area contributed by atoms with E-state index in [-0.39, 0.29) is 50.4 Å². The second-order valence-corrected chi connectivity index (χ2v) is 8.30. The van der Waals surface area contributed by atoms with E-state index in [1.807, 2.05) is 0 Å². The van der Waals surface area contributed by atoms with Crippen LogP contribution in [0.4, 0.5) is 0 Å². The lowest BCUT2D eigenvalue weighted by molar-refractivity contribution is -0.151. The second kappa shape index (κ2) is 12.6. The molecule has 0 radical (unpaired) electrons. The molecular formula is C18H28O7S2. The fraction of sp³-hybridized carbons (Fsp3) is 0.833. The van der Waals surface area contributed by atoms with Gasteiger partial charge in [-0.3, -0.25) is 14.4 Å². The van der Waals surface area contributed by atoms with Crippen molar-refractivity contribution in [3.63, 3.8) is 0 Å². The van der Waals surface area contributed by atoms with Gasteiger partial charge in [0.2, 0.25) is 0 Å². The first kappa shape index (κ1) is 22.5. The number of thioether (sulfide) groups is 1. The Hall–Kier alpha value is -0.770. The molecule has 2 atom stereocenters. The summed E-state index contributed by atoms with van der Waals surface area (Å²) in [6.07, 6.45) is 3.97. The van der Waals surface area contributed by atoms with E-state index in [0.29, 0.717) is 48.4 Å². The molecule has 154 valence electrons. The van der Waals surface area contributed by atoms with Gasteiger partial charge in [0, 0.05) is 23.7 Å². The van der Waals surface area contributed by atoms with Crippen molar-refractivity contribution >= 4 is 42.1 Å². The quantitative estimate of drug-likeness (QED) is 0.185. The Morgan fingerprint density at radius 2 is 1.59 bits per heavy atom. The monoisotopic (exact) mass is 420 g/mol. The summed E-state index contributed by atoms with van der Waals surface area (Å²) in [4.78, 5) is 34.4. The van der Waals surface area contributed by atoms with E-state index in [1.165, 1.54) is 11.8 Å². The van der Waals surface area contributed by atoms with Crippen molar-refractivity contribution in [2.45, 2.75) is 44.3 Å². The average Bonchev–Trinajstić information content (AvgIpc) is 3.25. The van der Waals surface area contributed by atoms with E-state index in [1.54, 1.807) is 0 Å². The molecule has 27 heavy (non-hydrogen) atoms. The van der Waals surface area contributed by atoms with Crippen LogP contribution in [0, 0.1) is 5.92 Å². The molecule has 0 spiro atoms. The van der Waals surface area contributed by atoms with Crippen LogP contribution >= 0.6 is 24.4 Å². The third kappa shape index (κ3) is 9.82. The number of Topliss-reactive ketones (excluding diaryl/α,β-unsaturated/α-hetero) is 1. The van der Waals surface area contributed by atoms with Gasteiger partial charge in [-0.2, -0.15) is 24.4 Å². The van der Waals surface area contributed by atoms with Gasteiger partial charge in [-0.15, -0.1) is 0 Å². The number of ether oxygens (including phenoxy) is 4. The minimum atomic E-state index is -0.348. The first-order valence-electron chi connectivity index (χ1n) is 9.33. The molecular weight excluding hydrogens is 392 g/mol. The molecule has 0 N–H and O–H groups in total. The van der Waals surface area contributed by atoms with Gasteiger partial charge in [0.05, 0.1) is 31.7 Å². The molecule has 2 fully saturated rings. The predicted molar refractivity (Wildman–Crippen MR) is 104 cm³/mol. The van der Waals surface area contributed by atoms with Crippen molar-refractivity contribution in [3.8, 4) is 0 Å². The fourth-order valence-corrected chi connectivity index (χ4v) is 3.95. The number of esters is 2. The van der Waals surface area contributed by atoms with Gasteiger partial charge >= 0.3 is 11.9 Å². The van der Waals surface area contributed by atoms with E-state index in [9.17, 15) is 14.4 Å². The van der Waals surface area contributed by atoms with Crippen LogP contribution in [0.2, 0.25) is 0 Å². The molecule has 1 heterocycles. The lowest BCUT2D eigenvalue weighted by atomic mass is 10.1. The molecule has 7 nitrogen and oxygen atoms in total. The Morgan fingerprint density at radius 1 is 0.963 bits per heavy atom. The number of fused-ring (bicyclic) bond motifs is 1. The SMILES string of the molecule is O=C(CCSCCC(=O)OCCOC(=O)CCS)COCC1CC2OC2C1. The highest BCUT2D eigenvalue weighted by Gasteiger charge is 2.47. The maximum absolute atomic E-state index is 11.8. The first-order valence-corrected chi connectivity index (χ1v) is 11.1. The van der Waals surface area contributed by atoms with E-state index in [0.717, 1.165) is 12.8 Å². The van der Waals surface area contributed by atoms with Gasteiger partial charge in [-0.1, -0.05) is 0 Å². The maximum Gasteiger partial charge on any atom is 0.306 e. The molecule has 1 saturated carbocycles. The highest BCUT2D eigenvalue weighted by Crippen LogP contribution is 2.42. The summed E-state index contributed by atoms with van der Waals surface area (Å²) < 4.78 is 20.7. The smallest absolute Gasteiger partial charge is 0.306 e. The van der Waals surface area contributed by atoms with Gasteiger partial charge in [0.15, 0.2) is 5.78 Å². The van der Waals surface area contributed by atoms with Crippen molar-refractivity contribution in [1.29, 1.82) is 0 Å². The van der Waals surface area contributed by atoms with Gasteiger partial charge in [-0.05, 0) is 18.8 Å². The van der Waals surface area contributed by atoms with E-state index >= 15 is 0 Å².